The van der Waals surface area contributed by atoms with E-state index in [1.807, 2.05) is 6.92 Å². The number of Topliss-reactive ketones (excluding diaryl/α,β-unsaturated/α-hetero) is 1. The molecule has 1 aromatic heterocycles. The average molecular weight is 346 g/mol. The normalized spacial score (nSPS) is 12.0. The van der Waals surface area contributed by atoms with E-state index >= 15 is 0 Å². The number of anilines is 1. The van der Waals surface area contributed by atoms with Gasteiger partial charge in [0.05, 0.1) is 5.25 Å². The molecular weight excluding hydrogens is 324 g/mol. The maximum Gasteiger partial charge on any atom is 0.237 e. The number of ketones is 1. The molecule has 1 aromatic carbocycles. The number of amides is 1. The van der Waals surface area contributed by atoms with Crippen LogP contribution < -0.4 is 5.32 Å². The van der Waals surface area contributed by atoms with Crippen molar-refractivity contribution in [2.75, 3.05) is 5.32 Å². The number of benzene rings is 1. The van der Waals surface area contributed by atoms with Gasteiger partial charge in [0.1, 0.15) is 5.82 Å². The van der Waals surface area contributed by atoms with Crippen LogP contribution in [0.2, 0.25) is 0 Å². The van der Waals surface area contributed by atoms with E-state index in [9.17, 15) is 9.59 Å². The predicted octanol–water partition coefficient (Wildman–Crippen LogP) is 3.47. The van der Waals surface area contributed by atoms with Crippen molar-refractivity contribution in [3.8, 4) is 0 Å². The molecule has 1 heterocycles. The third-order valence-electron chi connectivity index (χ3n) is 3.49. The van der Waals surface area contributed by atoms with Crippen LogP contribution >= 0.6 is 11.8 Å². The summed E-state index contributed by atoms with van der Waals surface area (Å²) >= 11 is 1.31. The highest BCUT2D eigenvalue weighted by atomic mass is 32.2. The summed E-state index contributed by atoms with van der Waals surface area (Å²) < 4.78 is 0. The Morgan fingerprint density at radius 3 is 2.62 bits per heavy atom. The van der Waals surface area contributed by atoms with Gasteiger partial charge in [-0.3, -0.25) is 14.7 Å². The van der Waals surface area contributed by atoms with Crippen LogP contribution in [-0.2, 0) is 11.2 Å². The summed E-state index contributed by atoms with van der Waals surface area (Å²) in [5, 5.41) is 10.1. The summed E-state index contributed by atoms with van der Waals surface area (Å²) in [7, 11) is 0. The number of H-pyrrole nitrogens is 1. The average Bonchev–Trinajstić information content (AvgIpc) is 3.00. The molecule has 0 bridgehead atoms. The number of rotatable bonds is 8. The van der Waals surface area contributed by atoms with Gasteiger partial charge in [-0.25, -0.2) is 4.98 Å². The van der Waals surface area contributed by atoms with E-state index < -0.39 is 0 Å². The first-order valence-electron chi connectivity index (χ1n) is 7.99. The Hall–Kier alpha value is -2.15. The first-order chi connectivity index (χ1) is 11.5. The molecule has 7 heteroatoms. The van der Waals surface area contributed by atoms with Crippen LogP contribution in [0.15, 0.2) is 29.4 Å². The van der Waals surface area contributed by atoms with Gasteiger partial charge in [0.15, 0.2) is 5.78 Å². The van der Waals surface area contributed by atoms with Crippen LogP contribution in [0.5, 0.6) is 0 Å². The summed E-state index contributed by atoms with van der Waals surface area (Å²) in [6.07, 6.45) is 3.03. The lowest BCUT2D eigenvalue weighted by molar-refractivity contribution is -0.115. The topological polar surface area (TPSA) is 87.7 Å². The van der Waals surface area contributed by atoms with E-state index in [0.717, 1.165) is 25.1 Å². The molecule has 0 aliphatic carbocycles. The molecule has 0 radical (unpaired) electrons. The number of unbranched alkanes of at least 4 members (excludes halogenated alkanes) is 1. The number of thioether (sulfide) groups is 1. The van der Waals surface area contributed by atoms with Crippen LogP contribution in [0.3, 0.4) is 0 Å². The molecule has 0 unspecified atom stereocenters. The zero-order valence-corrected chi connectivity index (χ0v) is 14.9. The van der Waals surface area contributed by atoms with Gasteiger partial charge < -0.3 is 5.32 Å². The minimum atomic E-state index is -0.327. The van der Waals surface area contributed by atoms with Crippen molar-refractivity contribution in [2.24, 2.45) is 0 Å². The maximum atomic E-state index is 12.2. The van der Waals surface area contributed by atoms with E-state index in [1.165, 1.54) is 18.7 Å². The first-order valence-corrected chi connectivity index (χ1v) is 8.87. The van der Waals surface area contributed by atoms with Crippen LogP contribution in [0, 0.1) is 0 Å². The number of aryl methyl sites for hydroxylation is 1. The lowest BCUT2D eigenvalue weighted by Crippen LogP contribution is -2.22. The Balaban J connectivity index is 1.89. The Morgan fingerprint density at radius 2 is 2.00 bits per heavy atom. The molecule has 0 fully saturated rings. The van der Waals surface area contributed by atoms with Gasteiger partial charge in [-0.15, -0.1) is 5.10 Å². The Morgan fingerprint density at radius 1 is 1.29 bits per heavy atom. The number of carbonyl (C=O) groups excluding carboxylic acids is 2. The highest BCUT2D eigenvalue weighted by Crippen LogP contribution is 2.21. The van der Waals surface area contributed by atoms with Gasteiger partial charge in [-0.2, -0.15) is 0 Å². The minimum Gasteiger partial charge on any atom is -0.325 e. The lowest BCUT2D eigenvalue weighted by atomic mass is 10.1. The van der Waals surface area contributed by atoms with Crippen molar-refractivity contribution in [2.45, 2.75) is 50.4 Å². The van der Waals surface area contributed by atoms with Gasteiger partial charge in [0.25, 0.3) is 0 Å². The first kappa shape index (κ1) is 18.2. The van der Waals surface area contributed by atoms with Crippen LogP contribution in [0.4, 0.5) is 5.69 Å². The summed E-state index contributed by atoms with van der Waals surface area (Å²) in [5.74, 6) is 0.725. The van der Waals surface area contributed by atoms with Crippen molar-refractivity contribution in [1.29, 1.82) is 0 Å². The number of hydrogen-bond donors (Lipinski definition) is 2. The number of hydrogen-bond acceptors (Lipinski definition) is 5. The monoisotopic (exact) mass is 346 g/mol. The van der Waals surface area contributed by atoms with Gasteiger partial charge in [0.2, 0.25) is 11.1 Å². The molecule has 0 aliphatic rings. The van der Waals surface area contributed by atoms with Crippen molar-refractivity contribution in [1.82, 2.24) is 15.2 Å². The molecule has 0 aliphatic heterocycles. The lowest BCUT2D eigenvalue weighted by Gasteiger charge is -2.10. The number of nitrogens with zero attached hydrogens (tertiary/aromatic N) is 2. The fourth-order valence-electron chi connectivity index (χ4n) is 2.03. The van der Waals surface area contributed by atoms with Crippen LogP contribution in [0.25, 0.3) is 0 Å². The van der Waals surface area contributed by atoms with Gasteiger partial charge >= 0.3 is 0 Å². The van der Waals surface area contributed by atoms with Gasteiger partial charge in [0, 0.05) is 17.7 Å². The summed E-state index contributed by atoms with van der Waals surface area (Å²) in [6, 6.07) is 6.85. The van der Waals surface area contributed by atoms with Gasteiger partial charge in [-0.1, -0.05) is 25.1 Å². The standard InChI is InChI=1S/C17H22N4O2S/c1-4-5-6-15-19-17(21-20-15)24-12(3)16(23)18-14-9-7-13(8-10-14)11(2)22/h7-10,12H,4-6H2,1-3H3,(H,18,23)(H,19,20,21)/t12-/m0/s1. The zero-order chi connectivity index (χ0) is 17.5. The van der Waals surface area contributed by atoms with Gasteiger partial charge in [-0.05, 0) is 44.5 Å². The molecule has 2 N–H and O–H groups in total. The van der Waals surface area contributed by atoms with Crippen LogP contribution in [0.1, 0.15) is 49.8 Å². The minimum absolute atomic E-state index is 0.000263. The smallest absolute Gasteiger partial charge is 0.237 e. The maximum absolute atomic E-state index is 12.2. The van der Waals surface area contributed by atoms with Crippen molar-refractivity contribution >= 4 is 29.1 Å². The molecule has 1 atom stereocenters. The molecule has 128 valence electrons. The van der Waals surface area contributed by atoms with E-state index in [0.29, 0.717) is 16.4 Å². The Bertz CT molecular complexity index is 697. The molecule has 0 saturated heterocycles. The molecular formula is C17H22N4O2S. The fraction of sp³-hybridized carbons (Fsp3) is 0.412. The summed E-state index contributed by atoms with van der Waals surface area (Å²) in [4.78, 5) is 27.9. The predicted molar refractivity (Wildman–Crippen MR) is 95.4 cm³/mol. The second kappa shape index (κ2) is 8.63. The number of aromatic amines is 1. The third kappa shape index (κ3) is 5.19. The Labute approximate surface area is 145 Å². The summed E-state index contributed by atoms with van der Waals surface area (Å²) in [5.41, 5.74) is 1.28. The highest BCUT2D eigenvalue weighted by molar-refractivity contribution is 8.00. The quantitative estimate of drug-likeness (QED) is 0.564. The van der Waals surface area contributed by atoms with Crippen molar-refractivity contribution < 1.29 is 9.59 Å². The summed E-state index contributed by atoms with van der Waals surface area (Å²) in [6.45, 7) is 5.45. The van der Waals surface area contributed by atoms with E-state index in [2.05, 4.69) is 27.4 Å². The SMILES string of the molecule is CCCCc1nc(S[C@@H](C)C(=O)Nc2ccc(C(C)=O)cc2)n[nH]1. The largest absolute Gasteiger partial charge is 0.325 e. The second-order valence-corrected chi connectivity index (χ2v) is 6.86. The third-order valence-corrected chi connectivity index (χ3v) is 4.45. The molecule has 1 amide bonds. The fourth-order valence-corrected chi connectivity index (χ4v) is 2.77. The zero-order valence-electron chi connectivity index (χ0n) is 14.1. The molecule has 0 spiro atoms. The second-order valence-electron chi connectivity index (χ2n) is 5.55. The van der Waals surface area contributed by atoms with E-state index in [-0.39, 0.29) is 16.9 Å². The number of aromatic nitrogens is 3. The molecule has 2 aromatic rings. The highest BCUT2D eigenvalue weighted by Gasteiger charge is 2.17. The molecule has 24 heavy (non-hydrogen) atoms. The van der Waals surface area contributed by atoms with E-state index in [4.69, 9.17) is 0 Å². The Kier molecular flexibility index (Phi) is 6.54. The van der Waals surface area contributed by atoms with E-state index in [1.54, 1.807) is 24.3 Å². The number of nitrogens with one attached hydrogen (secondary N) is 2. The molecule has 6 nitrogen and oxygen atoms in total. The van der Waals surface area contributed by atoms with Crippen molar-refractivity contribution in [3.05, 3.63) is 35.7 Å². The van der Waals surface area contributed by atoms with Crippen LogP contribution in [-0.4, -0.2) is 32.1 Å². The molecule has 0 saturated carbocycles. The van der Waals surface area contributed by atoms with Crippen molar-refractivity contribution in [3.63, 3.8) is 0 Å². The number of carbonyl (C=O) groups is 2. The molecule has 2 rings (SSSR count).